The Labute approximate surface area is 66.7 Å². The van der Waals surface area contributed by atoms with E-state index in [0.717, 1.165) is 5.01 Å². The molecular weight excluding hydrogens is 162 g/mol. The average molecular weight is 166 g/mol. The van der Waals surface area contributed by atoms with Gasteiger partial charge in [-0.15, -0.1) is 21.5 Å². The molecule has 2 aromatic heterocycles. The second kappa shape index (κ2) is 2.39. The minimum absolute atomic E-state index is 0.554. The third-order valence-corrected chi connectivity index (χ3v) is 1.79. The van der Waals surface area contributed by atoms with Crippen LogP contribution < -0.4 is 0 Å². The summed E-state index contributed by atoms with van der Waals surface area (Å²) in [6.07, 6.45) is 1.59. The molecule has 0 fully saturated rings. The molecule has 0 atom stereocenters. The van der Waals surface area contributed by atoms with Crippen LogP contribution in [0.25, 0.3) is 10.8 Å². The van der Waals surface area contributed by atoms with Crippen molar-refractivity contribution >= 4 is 11.3 Å². The first-order valence-corrected chi connectivity index (χ1v) is 3.74. The maximum absolute atomic E-state index is 3.98. The maximum atomic E-state index is 3.98. The van der Waals surface area contributed by atoms with Crippen molar-refractivity contribution in [1.82, 2.24) is 25.2 Å². The van der Waals surface area contributed by atoms with Gasteiger partial charge < -0.3 is 0 Å². The average Bonchev–Trinajstić information content (AvgIpc) is 2.55. The highest BCUT2D eigenvalue weighted by molar-refractivity contribution is 7.12. The van der Waals surface area contributed by atoms with E-state index < -0.39 is 0 Å². The Bertz CT molecular complexity index is 337. The van der Waals surface area contributed by atoms with Gasteiger partial charge in [-0.3, -0.25) is 0 Å². The van der Waals surface area contributed by atoms with E-state index in [1.807, 2.05) is 0 Å². The van der Waals surface area contributed by atoms with Crippen molar-refractivity contribution in [2.75, 3.05) is 0 Å². The van der Waals surface area contributed by atoms with Crippen molar-refractivity contribution in [3.05, 3.63) is 11.6 Å². The zero-order valence-electron chi connectivity index (χ0n) is 5.72. The number of nitrogens with zero attached hydrogens (tertiary/aromatic N) is 5. The van der Waals surface area contributed by atoms with Gasteiger partial charge in [-0.1, -0.05) is 0 Å². The topological polar surface area (TPSA) is 56.5 Å². The number of hydrogen-bond acceptors (Lipinski definition) is 5. The molecule has 1 radical (unpaired) electrons. The van der Waals surface area contributed by atoms with Gasteiger partial charge >= 0.3 is 0 Å². The molecule has 6 heteroatoms. The van der Waals surface area contributed by atoms with Crippen molar-refractivity contribution in [1.29, 1.82) is 0 Å². The highest BCUT2D eigenvalue weighted by Gasteiger charge is 2.05. The number of aromatic nitrogens is 5. The maximum Gasteiger partial charge on any atom is 0.233 e. The zero-order valence-corrected chi connectivity index (χ0v) is 6.54. The van der Waals surface area contributed by atoms with Gasteiger partial charge in [-0.05, 0) is 5.21 Å². The largest absolute Gasteiger partial charge is 0.240 e. The van der Waals surface area contributed by atoms with Crippen molar-refractivity contribution in [3.8, 4) is 10.8 Å². The molecule has 0 spiro atoms. The molecule has 0 N–H and O–H groups in total. The minimum Gasteiger partial charge on any atom is -0.240 e. The van der Waals surface area contributed by atoms with Gasteiger partial charge in [0, 0.05) is 6.20 Å². The first-order valence-electron chi connectivity index (χ1n) is 2.92. The molecule has 55 valence electrons. The van der Waals surface area contributed by atoms with Gasteiger partial charge in [-0.2, -0.15) is 4.80 Å². The summed E-state index contributed by atoms with van der Waals surface area (Å²) in [5, 5.41) is 15.0. The highest BCUT2D eigenvalue weighted by atomic mass is 32.1. The van der Waals surface area contributed by atoms with Gasteiger partial charge in [-0.25, -0.2) is 4.98 Å². The molecule has 2 rings (SSSR count). The molecule has 0 unspecified atom stereocenters. The number of hydrogen-bond donors (Lipinski definition) is 0. The van der Waals surface area contributed by atoms with Crippen LogP contribution in [0.5, 0.6) is 0 Å². The third kappa shape index (κ3) is 1.12. The quantitative estimate of drug-likeness (QED) is 0.604. The molecule has 11 heavy (non-hydrogen) atoms. The van der Waals surface area contributed by atoms with Crippen LogP contribution in [0.1, 0.15) is 0 Å². The van der Waals surface area contributed by atoms with Crippen LogP contribution in [0, 0.1) is 5.38 Å². The molecule has 2 aromatic rings. The Kier molecular flexibility index (Phi) is 1.39. The fraction of sp³-hybridized carbons (Fsp3) is 0.200. The van der Waals surface area contributed by atoms with Gasteiger partial charge in [0.1, 0.15) is 0 Å². The van der Waals surface area contributed by atoms with Gasteiger partial charge in [0.15, 0.2) is 5.01 Å². The normalized spacial score (nSPS) is 10.3. The summed E-state index contributed by atoms with van der Waals surface area (Å²) in [7, 11) is 1.72. The lowest BCUT2D eigenvalue weighted by atomic mass is 10.7. The smallest absolute Gasteiger partial charge is 0.233 e. The van der Waals surface area contributed by atoms with Crippen molar-refractivity contribution < 1.29 is 0 Å². The van der Waals surface area contributed by atoms with E-state index in [0.29, 0.717) is 5.82 Å². The Hall–Kier alpha value is -1.30. The second-order valence-electron chi connectivity index (χ2n) is 1.89. The van der Waals surface area contributed by atoms with Gasteiger partial charge in [0.05, 0.1) is 12.4 Å². The molecule has 0 aromatic carbocycles. The summed E-state index contributed by atoms with van der Waals surface area (Å²) in [6.45, 7) is 0. The summed E-state index contributed by atoms with van der Waals surface area (Å²) >= 11 is 1.37. The molecule has 0 bridgehead atoms. The molecule has 0 aliphatic carbocycles. The summed E-state index contributed by atoms with van der Waals surface area (Å²) in [6, 6.07) is 0. The molecule has 0 amide bonds. The second-order valence-corrected chi connectivity index (χ2v) is 2.71. The van der Waals surface area contributed by atoms with Crippen LogP contribution in [-0.2, 0) is 7.05 Å². The highest BCUT2D eigenvalue weighted by Crippen LogP contribution is 2.14. The Morgan fingerprint density at radius 2 is 2.55 bits per heavy atom. The van der Waals surface area contributed by atoms with E-state index in [-0.39, 0.29) is 0 Å². The summed E-state index contributed by atoms with van der Waals surface area (Å²) in [5.74, 6) is 0.554. The van der Waals surface area contributed by atoms with Crippen LogP contribution >= 0.6 is 11.3 Å². The first-order chi connectivity index (χ1) is 5.36. The van der Waals surface area contributed by atoms with Crippen molar-refractivity contribution in [3.63, 3.8) is 0 Å². The Morgan fingerprint density at radius 1 is 1.64 bits per heavy atom. The lowest BCUT2D eigenvalue weighted by Crippen LogP contribution is -1.91. The van der Waals surface area contributed by atoms with E-state index in [4.69, 9.17) is 0 Å². The van der Waals surface area contributed by atoms with E-state index in [2.05, 4.69) is 25.8 Å². The van der Waals surface area contributed by atoms with Crippen LogP contribution in [0.2, 0.25) is 0 Å². The van der Waals surface area contributed by atoms with Gasteiger partial charge in [0.2, 0.25) is 5.82 Å². The lowest BCUT2D eigenvalue weighted by molar-refractivity contribution is 0.630. The number of tetrazole rings is 1. The van der Waals surface area contributed by atoms with Crippen LogP contribution in [0.3, 0.4) is 0 Å². The molecule has 0 aliphatic rings. The zero-order chi connectivity index (χ0) is 7.68. The molecule has 0 saturated heterocycles. The number of thiazole rings is 1. The Balaban J connectivity index is 2.45. The number of rotatable bonds is 1. The predicted octanol–water partition coefficient (Wildman–Crippen LogP) is 0.134. The van der Waals surface area contributed by atoms with E-state index in [9.17, 15) is 0 Å². The summed E-state index contributed by atoms with van der Waals surface area (Å²) < 4.78 is 0. The van der Waals surface area contributed by atoms with Crippen molar-refractivity contribution in [2.24, 2.45) is 7.05 Å². The van der Waals surface area contributed by atoms with Crippen LogP contribution in [0.15, 0.2) is 6.20 Å². The van der Waals surface area contributed by atoms with E-state index in [1.54, 1.807) is 13.2 Å². The van der Waals surface area contributed by atoms with Crippen LogP contribution in [-0.4, -0.2) is 25.2 Å². The SMILES string of the molecule is Cn1nnc(-c2nc[c]s2)n1. The third-order valence-electron chi connectivity index (χ3n) is 1.09. The Morgan fingerprint density at radius 3 is 3.09 bits per heavy atom. The fourth-order valence-corrected chi connectivity index (χ4v) is 1.16. The standard InChI is InChI=1S/C5H4N5S/c1-10-8-4(7-9-10)5-6-2-3-11-5/h2H,1H3. The molecule has 0 saturated carbocycles. The molecule has 5 nitrogen and oxygen atoms in total. The van der Waals surface area contributed by atoms with Gasteiger partial charge in [0.25, 0.3) is 0 Å². The molecule has 2 heterocycles. The summed E-state index contributed by atoms with van der Waals surface area (Å²) in [4.78, 5) is 5.38. The first kappa shape index (κ1) is 6.41. The lowest BCUT2D eigenvalue weighted by Gasteiger charge is -1.80. The fourth-order valence-electron chi connectivity index (χ4n) is 0.667. The van der Waals surface area contributed by atoms with E-state index in [1.165, 1.54) is 16.1 Å². The monoisotopic (exact) mass is 166 g/mol. The minimum atomic E-state index is 0.554. The van der Waals surface area contributed by atoms with Crippen molar-refractivity contribution in [2.45, 2.75) is 0 Å². The molecule has 0 aliphatic heterocycles. The summed E-state index contributed by atoms with van der Waals surface area (Å²) in [5.41, 5.74) is 0. The number of aryl methyl sites for hydroxylation is 1. The molecular formula is C5H4N5S. The van der Waals surface area contributed by atoms with E-state index >= 15 is 0 Å². The predicted molar refractivity (Wildman–Crippen MR) is 38.7 cm³/mol. The van der Waals surface area contributed by atoms with Crippen LogP contribution in [0.4, 0.5) is 0 Å².